The van der Waals surface area contributed by atoms with E-state index in [0.717, 1.165) is 18.1 Å². The maximum Gasteiger partial charge on any atom is 0.191 e. The van der Waals surface area contributed by atoms with Gasteiger partial charge in [-0.1, -0.05) is 18.2 Å². The predicted molar refractivity (Wildman–Crippen MR) is 108 cm³/mol. The van der Waals surface area contributed by atoms with Gasteiger partial charge in [0.05, 0.1) is 18.8 Å². The number of anilines is 1. The SMILES string of the molecule is CCNC(=NCc1cccc(N(C)C)n1)NCC(C)Oc1ccccc1F. The first-order valence-electron chi connectivity index (χ1n) is 9.06. The summed E-state index contributed by atoms with van der Waals surface area (Å²) in [5.74, 6) is 1.45. The number of aliphatic imine (C=N–C) groups is 1. The van der Waals surface area contributed by atoms with Gasteiger partial charge in [-0.25, -0.2) is 14.4 Å². The molecule has 0 amide bonds. The number of rotatable bonds is 8. The molecule has 146 valence electrons. The van der Waals surface area contributed by atoms with E-state index in [2.05, 4.69) is 20.6 Å². The number of aromatic nitrogens is 1. The molecule has 1 aromatic heterocycles. The van der Waals surface area contributed by atoms with Gasteiger partial charge in [-0.05, 0) is 38.1 Å². The molecule has 7 heteroatoms. The number of pyridine rings is 1. The first-order chi connectivity index (χ1) is 13.0. The van der Waals surface area contributed by atoms with E-state index in [1.807, 2.05) is 51.0 Å². The number of hydrogen-bond donors (Lipinski definition) is 2. The van der Waals surface area contributed by atoms with Crippen LogP contribution in [0, 0.1) is 5.82 Å². The summed E-state index contributed by atoms with van der Waals surface area (Å²) in [6, 6.07) is 12.3. The van der Waals surface area contributed by atoms with Crippen LogP contribution < -0.4 is 20.3 Å². The third-order valence-corrected chi connectivity index (χ3v) is 3.72. The summed E-state index contributed by atoms with van der Waals surface area (Å²) in [7, 11) is 3.91. The van der Waals surface area contributed by atoms with Gasteiger partial charge >= 0.3 is 0 Å². The first-order valence-corrected chi connectivity index (χ1v) is 9.06. The van der Waals surface area contributed by atoms with E-state index in [0.29, 0.717) is 19.0 Å². The van der Waals surface area contributed by atoms with Gasteiger partial charge < -0.3 is 20.3 Å². The highest BCUT2D eigenvalue weighted by Crippen LogP contribution is 2.16. The van der Waals surface area contributed by atoms with Crippen LogP contribution in [0.1, 0.15) is 19.5 Å². The Hall–Kier alpha value is -2.83. The fourth-order valence-corrected chi connectivity index (χ4v) is 2.34. The molecule has 0 aliphatic rings. The molecule has 0 bridgehead atoms. The minimum absolute atomic E-state index is 0.221. The van der Waals surface area contributed by atoms with Crippen LogP contribution in [0.25, 0.3) is 0 Å². The van der Waals surface area contributed by atoms with Crippen LogP contribution in [0.5, 0.6) is 5.75 Å². The van der Waals surface area contributed by atoms with Gasteiger partial charge in [0, 0.05) is 20.6 Å². The lowest BCUT2D eigenvalue weighted by Gasteiger charge is -2.18. The molecule has 0 aliphatic heterocycles. The van der Waals surface area contributed by atoms with Crippen LogP contribution >= 0.6 is 0 Å². The third kappa shape index (κ3) is 6.77. The van der Waals surface area contributed by atoms with Crippen molar-refractivity contribution in [2.45, 2.75) is 26.5 Å². The Morgan fingerprint density at radius 1 is 1.19 bits per heavy atom. The molecular weight excluding hydrogens is 345 g/mol. The largest absolute Gasteiger partial charge is 0.486 e. The molecule has 1 aromatic carbocycles. The zero-order valence-corrected chi connectivity index (χ0v) is 16.4. The Morgan fingerprint density at radius 2 is 1.96 bits per heavy atom. The number of guanidine groups is 1. The molecule has 6 nitrogen and oxygen atoms in total. The molecule has 1 atom stereocenters. The fraction of sp³-hybridized carbons (Fsp3) is 0.400. The summed E-state index contributed by atoms with van der Waals surface area (Å²) in [6.45, 7) is 5.57. The maximum atomic E-state index is 13.7. The van der Waals surface area contributed by atoms with Gasteiger partial charge in [0.15, 0.2) is 17.5 Å². The number of benzene rings is 1. The van der Waals surface area contributed by atoms with E-state index in [4.69, 9.17) is 4.74 Å². The lowest BCUT2D eigenvalue weighted by Crippen LogP contribution is -2.41. The average molecular weight is 373 g/mol. The van der Waals surface area contributed by atoms with E-state index in [-0.39, 0.29) is 17.7 Å². The van der Waals surface area contributed by atoms with Crippen molar-refractivity contribution < 1.29 is 9.13 Å². The van der Waals surface area contributed by atoms with Crippen LogP contribution in [0.2, 0.25) is 0 Å². The Kier molecular flexibility index (Phi) is 7.85. The van der Waals surface area contributed by atoms with Crippen molar-refractivity contribution in [3.8, 4) is 5.75 Å². The Bertz CT molecular complexity index is 751. The lowest BCUT2D eigenvalue weighted by molar-refractivity contribution is 0.214. The summed E-state index contributed by atoms with van der Waals surface area (Å²) in [6.07, 6.45) is -0.221. The molecular formula is C20H28FN5O. The molecule has 27 heavy (non-hydrogen) atoms. The van der Waals surface area contributed by atoms with Crippen LogP contribution in [-0.4, -0.2) is 44.2 Å². The Morgan fingerprint density at radius 3 is 2.67 bits per heavy atom. The van der Waals surface area contributed by atoms with Crippen molar-refractivity contribution in [3.05, 3.63) is 54.0 Å². The van der Waals surface area contributed by atoms with Crippen molar-refractivity contribution in [1.29, 1.82) is 0 Å². The molecule has 1 heterocycles. The molecule has 0 saturated heterocycles. The summed E-state index contributed by atoms with van der Waals surface area (Å²) in [5, 5.41) is 6.41. The zero-order chi connectivity index (χ0) is 19.6. The molecule has 0 radical (unpaired) electrons. The predicted octanol–water partition coefficient (Wildman–Crippen LogP) is 2.81. The van der Waals surface area contributed by atoms with Crippen LogP contribution in [-0.2, 0) is 6.54 Å². The van der Waals surface area contributed by atoms with Gasteiger partial charge in [0.25, 0.3) is 0 Å². The van der Waals surface area contributed by atoms with Crippen molar-refractivity contribution in [2.75, 3.05) is 32.1 Å². The first kappa shape index (κ1) is 20.5. The Labute approximate surface area is 160 Å². The van der Waals surface area contributed by atoms with Gasteiger partial charge in [0.1, 0.15) is 11.9 Å². The van der Waals surface area contributed by atoms with E-state index in [1.54, 1.807) is 18.2 Å². The molecule has 2 rings (SSSR count). The maximum absolute atomic E-state index is 13.7. The van der Waals surface area contributed by atoms with Gasteiger partial charge in [-0.3, -0.25) is 0 Å². The van der Waals surface area contributed by atoms with Crippen molar-refractivity contribution in [1.82, 2.24) is 15.6 Å². The van der Waals surface area contributed by atoms with E-state index >= 15 is 0 Å². The number of nitrogens with zero attached hydrogens (tertiary/aromatic N) is 3. The van der Waals surface area contributed by atoms with Crippen molar-refractivity contribution in [3.63, 3.8) is 0 Å². The second-order valence-corrected chi connectivity index (χ2v) is 6.32. The minimum atomic E-state index is -0.364. The van der Waals surface area contributed by atoms with Crippen LogP contribution in [0.3, 0.4) is 0 Å². The lowest BCUT2D eigenvalue weighted by atomic mass is 10.3. The van der Waals surface area contributed by atoms with E-state index < -0.39 is 0 Å². The number of hydrogen-bond acceptors (Lipinski definition) is 4. The molecule has 1 unspecified atom stereocenters. The number of halogens is 1. The standard InChI is InChI=1S/C20H28FN5O/c1-5-22-20(24-14-16-9-8-12-19(25-16)26(3)4)23-13-15(2)27-18-11-7-6-10-17(18)21/h6-12,15H,5,13-14H2,1-4H3,(H2,22,23,24). The number of ether oxygens (including phenoxy) is 1. The molecule has 0 fully saturated rings. The monoisotopic (exact) mass is 373 g/mol. The highest BCUT2D eigenvalue weighted by atomic mass is 19.1. The highest BCUT2D eigenvalue weighted by molar-refractivity contribution is 5.79. The van der Waals surface area contributed by atoms with Gasteiger partial charge in [-0.2, -0.15) is 0 Å². The third-order valence-electron chi connectivity index (χ3n) is 3.72. The molecule has 2 N–H and O–H groups in total. The summed E-state index contributed by atoms with van der Waals surface area (Å²) in [5.41, 5.74) is 0.883. The second-order valence-electron chi connectivity index (χ2n) is 6.32. The zero-order valence-electron chi connectivity index (χ0n) is 16.4. The van der Waals surface area contributed by atoms with Gasteiger partial charge in [-0.15, -0.1) is 0 Å². The number of para-hydroxylation sites is 1. The summed E-state index contributed by atoms with van der Waals surface area (Å²) >= 11 is 0. The molecule has 0 spiro atoms. The molecule has 0 aliphatic carbocycles. The van der Waals surface area contributed by atoms with Gasteiger partial charge in [0.2, 0.25) is 0 Å². The topological polar surface area (TPSA) is 61.8 Å². The van der Waals surface area contributed by atoms with Crippen molar-refractivity contribution >= 4 is 11.8 Å². The Balaban J connectivity index is 1.93. The van der Waals surface area contributed by atoms with Crippen molar-refractivity contribution in [2.24, 2.45) is 4.99 Å². The molecule has 2 aromatic rings. The average Bonchev–Trinajstić information content (AvgIpc) is 2.66. The minimum Gasteiger partial charge on any atom is -0.486 e. The van der Waals surface area contributed by atoms with E-state index in [9.17, 15) is 4.39 Å². The second kappa shape index (κ2) is 10.4. The smallest absolute Gasteiger partial charge is 0.191 e. The quantitative estimate of drug-likeness (QED) is 0.550. The number of nitrogens with one attached hydrogen (secondary N) is 2. The summed E-state index contributed by atoms with van der Waals surface area (Å²) < 4.78 is 19.3. The van der Waals surface area contributed by atoms with Crippen LogP contribution in [0.15, 0.2) is 47.5 Å². The fourth-order valence-electron chi connectivity index (χ4n) is 2.34. The van der Waals surface area contributed by atoms with E-state index in [1.165, 1.54) is 6.07 Å². The summed E-state index contributed by atoms with van der Waals surface area (Å²) in [4.78, 5) is 11.1. The normalized spacial score (nSPS) is 12.4. The highest BCUT2D eigenvalue weighted by Gasteiger charge is 2.09. The molecule has 0 saturated carbocycles. The van der Waals surface area contributed by atoms with Crippen LogP contribution in [0.4, 0.5) is 10.2 Å².